The fourth-order valence-electron chi connectivity index (χ4n) is 1.31. The first kappa shape index (κ1) is 10.8. The molecular formula is C11H13BO2. The van der Waals surface area contributed by atoms with Crippen molar-refractivity contribution in [3.8, 4) is 0 Å². The molecule has 0 heterocycles. The van der Waals surface area contributed by atoms with Gasteiger partial charge in [-0.05, 0) is 17.7 Å². The zero-order valence-electron chi connectivity index (χ0n) is 8.14. The highest BCUT2D eigenvalue weighted by Gasteiger charge is 1.89. The molecule has 0 aromatic heterocycles. The maximum absolute atomic E-state index is 7.12. The summed E-state index contributed by atoms with van der Waals surface area (Å²) in [6.45, 7) is 2.12. The second kappa shape index (κ2) is 5.42. The topological polar surface area (TPSA) is 40.5 Å². The molecule has 0 amide bonds. The molecule has 2 N–H and O–H groups in total. The minimum Gasteiger partial charge on any atom is -0.430 e. The summed E-state index contributed by atoms with van der Waals surface area (Å²) in [5, 5.41) is 16.9. The van der Waals surface area contributed by atoms with Crippen LogP contribution in [0.1, 0.15) is 5.56 Å². The van der Waals surface area contributed by atoms with Crippen LogP contribution in [0.3, 0.4) is 0 Å². The van der Waals surface area contributed by atoms with Crippen molar-refractivity contribution >= 4 is 18.5 Å². The molecule has 14 heavy (non-hydrogen) atoms. The van der Waals surface area contributed by atoms with Gasteiger partial charge in [0.2, 0.25) is 0 Å². The highest BCUT2D eigenvalue weighted by Crippen LogP contribution is 2.14. The van der Waals surface area contributed by atoms with E-state index >= 15 is 0 Å². The van der Waals surface area contributed by atoms with Crippen LogP contribution in [0, 0.1) is 6.92 Å². The number of hydrogen-bond acceptors (Lipinski definition) is 2. The van der Waals surface area contributed by atoms with Crippen molar-refractivity contribution in [1.82, 2.24) is 0 Å². The molecule has 0 unspecified atom stereocenters. The molecule has 2 nitrogen and oxygen atoms in total. The average Bonchev–Trinajstić information content (AvgIpc) is 2.19. The lowest BCUT2D eigenvalue weighted by Gasteiger charge is -1.96. The van der Waals surface area contributed by atoms with Crippen molar-refractivity contribution in [3.63, 3.8) is 0 Å². The van der Waals surface area contributed by atoms with Gasteiger partial charge in [-0.1, -0.05) is 48.0 Å². The standard InChI is InChI=1S/C11H10.BH3O2/c1-9-6-7-10-4-2-3-5-11(10)8-9;2-1-3/h2-8H,1H3;1-3H. The SMILES string of the molecule is Cc1ccc2ccccc2c1.OBO. The van der Waals surface area contributed by atoms with Gasteiger partial charge in [-0.2, -0.15) is 0 Å². The van der Waals surface area contributed by atoms with Crippen LogP contribution in [-0.4, -0.2) is 17.7 Å². The predicted octanol–water partition coefficient (Wildman–Crippen LogP) is 1.39. The lowest BCUT2D eigenvalue weighted by molar-refractivity contribution is 0.448. The molecular weight excluding hydrogens is 175 g/mol. The van der Waals surface area contributed by atoms with Gasteiger partial charge < -0.3 is 10.0 Å². The molecule has 0 fully saturated rings. The summed E-state index contributed by atoms with van der Waals surface area (Å²) in [5.41, 5.74) is 1.32. The van der Waals surface area contributed by atoms with Gasteiger partial charge in [0.05, 0.1) is 0 Å². The molecule has 0 bridgehead atoms. The molecule has 0 aliphatic heterocycles. The first-order chi connectivity index (χ1) is 6.77. The third kappa shape index (κ3) is 2.87. The van der Waals surface area contributed by atoms with E-state index in [0.29, 0.717) is 0 Å². The molecule has 3 heteroatoms. The van der Waals surface area contributed by atoms with E-state index in [1.165, 1.54) is 16.3 Å². The Morgan fingerprint density at radius 3 is 2.14 bits per heavy atom. The monoisotopic (exact) mass is 188 g/mol. The number of hydrogen-bond donors (Lipinski definition) is 2. The Kier molecular flexibility index (Phi) is 4.17. The van der Waals surface area contributed by atoms with Crippen LogP contribution in [0.5, 0.6) is 0 Å². The molecule has 0 radical (unpaired) electrons. The second-order valence-electron chi connectivity index (χ2n) is 2.99. The van der Waals surface area contributed by atoms with Crippen molar-refractivity contribution in [2.24, 2.45) is 0 Å². The van der Waals surface area contributed by atoms with Crippen molar-refractivity contribution in [1.29, 1.82) is 0 Å². The molecule has 0 aliphatic rings. The summed E-state index contributed by atoms with van der Waals surface area (Å²) in [4.78, 5) is 0. The van der Waals surface area contributed by atoms with Gasteiger partial charge >= 0.3 is 7.69 Å². The van der Waals surface area contributed by atoms with Crippen molar-refractivity contribution in [3.05, 3.63) is 48.0 Å². The van der Waals surface area contributed by atoms with E-state index in [9.17, 15) is 0 Å². The van der Waals surface area contributed by atoms with Crippen molar-refractivity contribution in [2.75, 3.05) is 0 Å². The Morgan fingerprint density at radius 2 is 1.50 bits per heavy atom. The van der Waals surface area contributed by atoms with Crippen LogP contribution in [0.25, 0.3) is 10.8 Å². The zero-order chi connectivity index (χ0) is 10.4. The summed E-state index contributed by atoms with van der Waals surface area (Å²) >= 11 is 0. The Hall–Kier alpha value is -1.32. The quantitative estimate of drug-likeness (QED) is 0.613. The Balaban J connectivity index is 0.000000293. The van der Waals surface area contributed by atoms with Gasteiger partial charge in [-0.3, -0.25) is 0 Å². The predicted molar refractivity (Wildman–Crippen MR) is 60.3 cm³/mol. The van der Waals surface area contributed by atoms with Crippen LogP contribution >= 0.6 is 0 Å². The molecule has 2 aromatic rings. The van der Waals surface area contributed by atoms with Gasteiger partial charge in [0.25, 0.3) is 0 Å². The van der Waals surface area contributed by atoms with Gasteiger partial charge in [0.1, 0.15) is 0 Å². The van der Waals surface area contributed by atoms with Gasteiger partial charge in [-0.15, -0.1) is 0 Å². The summed E-state index contributed by atoms with van der Waals surface area (Å²) < 4.78 is 0. The molecule has 72 valence electrons. The van der Waals surface area contributed by atoms with Crippen LogP contribution in [-0.2, 0) is 0 Å². The van der Waals surface area contributed by atoms with Gasteiger partial charge in [0, 0.05) is 0 Å². The Bertz CT molecular complexity index is 401. The third-order valence-electron chi connectivity index (χ3n) is 1.90. The molecule has 2 aromatic carbocycles. The maximum Gasteiger partial charge on any atom is 0.432 e. The van der Waals surface area contributed by atoms with E-state index in [2.05, 4.69) is 49.4 Å². The van der Waals surface area contributed by atoms with Crippen molar-refractivity contribution < 1.29 is 10.0 Å². The third-order valence-corrected chi connectivity index (χ3v) is 1.90. The molecule has 0 saturated heterocycles. The fraction of sp³-hybridized carbons (Fsp3) is 0.0909. The zero-order valence-corrected chi connectivity index (χ0v) is 8.14. The number of fused-ring (bicyclic) bond motifs is 1. The summed E-state index contributed by atoms with van der Waals surface area (Å²) in [7, 11) is -0.750. The molecule has 0 aliphatic carbocycles. The van der Waals surface area contributed by atoms with E-state index in [0.717, 1.165) is 0 Å². The van der Waals surface area contributed by atoms with E-state index in [1.807, 2.05) is 0 Å². The van der Waals surface area contributed by atoms with Crippen LogP contribution in [0.2, 0.25) is 0 Å². The van der Waals surface area contributed by atoms with Crippen LogP contribution in [0.4, 0.5) is 0 Å². The highest BCUT2D eigenvalue weighted by molar-refractivity contribution is 6.13. The second-order valence-corrected chi connectivity index (χ2v) is 2.99. The van der Waals surface area contributed by atoms with E-state index in [1.54, 1.807) is 0 Å². The lowest BCUT2D eigenvalue weighted by Crippen LogP contribution is -1.75. The van der Waals surface area contributed by atoms with Crippen molar-refractivity contribution in [2.45, 2.75) is 6.92 Å². The van der Waals surface area contributed by atoms with Crippen LogP contribution in [0.15, 0.2) is 42.5 Å². The maximum atomic E-state index is 7.12. The first-order valence-corrected chi connectivity index (χ1v) is 4.45. The number of rotatable bonds is 0. The molecule has 0 spiro atoms. The molecule has 0 saturated carbocycles. The average molecular weight is 188 g/mol. The van der Waals surface area contributed by atoms with Gasteiger partial charge in [0.15, 0.2) is 0 Å². The normalized spacial score (nSPS) is 9.07. The minimum absolute atomic E-state index is 0.750. The summed E-state index contributed by atoms with van der Waals surface area (Å²) in [5.74, 6) is 0. The molecule has 2 rings (SSSR count). The highest BCUT2D eigenvalue weighted by atomic mass is 16.4. The van der Waals surface area contributed by atoms with E-state index < -0.39 is 7.69 Å². The number of aryl methyl sites for hydroxylation is 1. The molecule has 0 atom stereocenters. The van der Waals surface area contributed by atoms with E-state index in [4.69, 9.17) is 10.0 Å². The van der Waals surface area contributed by atoms with Gasteiger partial charge in [-0.25, -0.2) is 0 Å². The number of benzene rings is 2. The van der Waals surface area contributed by atoms with Crippen LogP contribution < -0.4 is 0 Å². The van der Waals surface area contributed by atoms with E-state index in [-0.39, 0.29) is 0 Å². The summed E-state index contributed by atoms with van der Waals surface area (Å²) in [6.07, 6.45) is 0. The minimum atomic E-state index is -0.750. The lowest BCUT2D eigenvalue weighted by atomic mass is 10.1. The fourth-order valence-corrected chi connectivity index (χ4v) is 1.31. The first-order valence-electron chi connectivity index (χ1n) is 4.45. The Labute approximate surface area is 84.1 Å². The Morgan fingerprint density at radius 1 is 0.929 bits per heavy atom. The largest absolute Gasteiger partial charge is 0.432 e. The summed E-state index contributed by atoms with van der Waals surface area (Å²) in [6, 6.07) is 14.9. The smallest absolute Gasteiger partial charge is 0.430 e.